The Balaban J connectivity index is 2.31. The lowest BCUT2D eigenvalue weighted by Gasteiger charge is -2.39. The molecule has 0 bridgehead atoms. The van der Waals surface area contributed by atoms with Crippen LogP contribution in [-0.4, -0.2) is 25.3 Å². The standard InChI is InChI=1S/C13H17Br2NO/c1-9-8-17-10(2)7-16(9)13-4-3-12(15)5-11(13)6-14/h3-5,9-10H,6-8H2,1-2H3. The van der Waals surface area contributed by atoms with Crippen LogP contribution in [-0.2, 0) is 10.1 Å². The molecule has 1 heterocycles. The van der Waals surface area contributed by atoms with Gasteiger partial charge in [0, 0.05) is 28.1 Å². The van der Waals surface area contributed by atoms with E-state index in [1.807, 2.05) is 0 Å². The molecule has 1 aliphatic heterocycles. The molecule has 1 aromatic rings. The summed E-state index contributed by atoms with van der Waals surface area (Å²) >= 11 is 7.09. The highest BCUT2D eigenvalue weighted by Crippen LogP contribution is 2.29. The third-order valence-electron chi connectivity index (χ3n) is 3.10. The van der Waals surface area contributed by atoms with Crippen LogP contribution in [0.25, 0.3) is 0 Å². The van der Waals surface area contributed by atoms with Crippen LogP contribution in [0.3, 0.4) is 0 Å². The average molecular weight is 363 g/mol. The number of nitrogens with zero attached hydrogens (tertiary/aromatic N) is 1. The van der Waals surface area contributed by atoms with Crippen LogP contribution >= 0.6 is 31.9 Å². The van der Waals surface area contributed by atoms with Crippen molar-refractivity contribution in [1.82, 2.24) is 0 Å². The van der Waals surface area contributed by atoms with Gasteiger partial charge < -0.3 is 9.64 Å². The zero-order chi connectivity index (χ0) is 12.4. The Labute approximate surface area is 120 Å². The number of benzene rings is 1. The minimum Gasteiger partial charge on any atom is -0.375 e. The monoisotopic (exact) mass is 361 g/mol. The smallest absolute Gasteiger partial charge is 0.0723 e. The molecule has 0 radical (unpaired) electrons. The largest absolute Gasteiger partial charge is 0.375 e. The number of ether oxygens (including phenoxy) is 1. The third-order valence-corrected chi connectivity index (χ3v) is 4.20. The molecule has 1 aliphatic rings. The summed E-state index contributed by atoms with van der Waals surface area (Å²) in [6, 6.07) is 6.91. The van der Waals surface area contributed by atoms with Crippen LogP contribution in [0.15, 0.2) is 22.7 Å². The fraction of sp³-hybridized carbons (Fsp3) is 0.538. The van der Waals surface area contributed by atoms with Gasteiger partial charge in [0.05, 0.1) is 12.7 Å². The normalized spacial score (nSPS) is 25.1. The van der Waals surface area contributed by atoms with Crippen LogP contribution in [0, 0.1) is 0 Å². The van der Waals surface area contributed by atoms with Gasteiger partial charge in [-0.2, -0.15) is 0 Å². The zero-order valence-electron chi connectivity index (χ0n) is 10.1. The minimum absolute atomic E-state index is 0.304. The van der Waals surface area contributed by atoms with E-state index in [4.69, 9.17) is 4.74 Å². The summed E-state index contributed by atoms with van der Waals surface area (Å²) in [4.78, 5) is 2.44. The first-order valence-electron chi connectivity index (χ1n) is 5.84. The highest BCUT2D eigenvalue weighted by Gasteiger charge is 2.25. The first kappa shape index (κ1) is 13.4. The van der Waals surface area contributed by atoms with Crippen molar-refractivity contribution in [2.45, 2.75) is 31.3 Å². The van der Waals surface area contributed by atoms with E-state index >= 15 is 0 Å². The van der Waals surface area contributed by atoms with Crippen LogP contribution in [0.2, 0.25) is 0 Å². The molecule has 0 spiro atoms. The Morgan fingerprint density at radius 2 is 2.18 bits per heavy atom. The summed E-state index contributed by atoms with van der Waals surface area (Å²) in [5.74, 6) is 0. The van der Waals surface area contributed by atoms with Gasteiger partial charge in [-0.05, 0) is 37.6 Å². The van der Waals surface area contributed by atoms with E-state index in [2.05, 4.69) is 68.8 Å². The SMILES string of the molecule is CC1CN(c2ccc(Br)cc2CBr)C(C)CO1. The van der Waals surface area contributed by atoms with Crippen LogP contribution < -0.4 is 4.90 Å². The molecular weight excluding hydrogens is 346 g/mol. The molecule has 4 heteroatoms. The van der Waals surface area contributed by atoms with Gasteiger partial charge in [-0.1, -0.05) is 31.9 Å². The van der Waals surface area contributed by atoms with Crippen LogP contribution in [0.4, 0.5) is 5.69 Å². The zero-order valence-corrected chi connectivity index (χ0v) is 13.3. The molecule has 0 aliphatic carbocycles. The molecule has 1 aromatic carbocycles. The van der Waals surface area contributed by atoms with Crippen LogP contribution in [0.1, 0.15) is 19.4 Å². The van der Waals surface area contributed by atoms with Crippen molar-refractivity contribution in [3.63, 3.8) is 0 Å². The maximum atomic E-state index is 5.68. The van der Waals surface area contributed by atoms with E-state index in [-0.39, 0.29) is 0 Å². The van der Waals surface area contributed by atoms with Crippen molar-refractivity contribution < 1.29 is 4.74 Å². The molecule has 2 nitrogen and oxygen atoms in total. The second-order valence-corrected chi connectivity index (χ2v) is 6.03. The summed E-state index contributed by atoms with van der Waals surface area (Å²) in [5.41, 5.74) is 2.63. The van der Waals surface area contributed by atoms with Crippen molar-refractivity contribution in [1.29, 1.82) is 0 Å². The summed E-state index contributed by atoms with van der Waals surface area (Å²) in [6.07, 6.45) is 0.304. The molecule has 0 N–H and O–H groups in total. The van der Waals surface area contributed by atoms with Gasteiger partial charge in [0.15, 0.2) is 0 Å². The molecule has 2 unspecified atom stereocenters. The molecule has 17 heavy (non-hydrogen) atoms. The van der Waals surface area contributed by atoms with Gasteiger partial charge in [-0.3, -0.25) is 0 Å². The third kappa shape index (κ3) is 3.04. The van der Waals surface area contributed by atoms with E-state index in [1.165, 1.54) is 11.3 Å². The molecule has 0 saturated carbocycles. The maximum absolute atomic E-state index is 5.68. The number of anilines is 1. The van der Waals surface area contributed by atoms with Gasteiger partial charge in [0.1, 0.15) is 0 Å². The van der Waals surface area contributed by atoms with Gasteiger partial charge in [-0.15, -0.1) is 0 Å². The topological polar surface area (TPSA) is 12.5 Å². The molecular formula is C13H17Br2NO. The van der Waals surface area contributed by atoms with Crippen molar-refractivity contribution >= 4 is 37.5 Å². The fourth-order valence-corrected chi connectivity index (χ4v) is 3.04. The van der Waals surface area contributed by atoms with E-state index in [1.54, 1.807) is 0 Å². The highest BCUT2D eigenvalue weighted by atomic mass is 79.9. The Bertz CT molecular complexity index is 397. The summed E-state index contributed by atoms with van der Waals surface area (Å²) in [5, 5.41) is 0.875. The van der Waals surface area contributed by atoms with Gasteiger partial charge in [-0.25, -0.2) is 0 Å². The summed E-state index contributed by atoms with van der Waals surface area (Å²) < 4.78 is 6.81. The molecule has 2 atom stereocenters. The van der Waals surface area contributed by atoms with Crippen LogP contribution in [0.5, 0.6) is 0 Å². The Morgan fingerprint density at radius 1 is 1.41 bits per heavy atom. The predicted molar refractivity (Wildman–Crippen MR) is 79.0 cm³/mol. The van der Waals surface area contributed by atoms with E-state index in [0.29, 0.717) is 12.1 Å². The Hall–Kier alpha value is -0.0600. The van der Waals surface area contributed by atoms with E-state index in [9.17, 15) is 0 Å². The molecule has 2 rings (SSSR count). The molecule has 0 amide bonds. The van der Waals surface area contributed by atoms with Crippen molar-refractivity contribution in [2.75, 3.05) is 18.1 Å². The van der Waals surface area contributed by atoms with Gasteiger partial charge >= 0.3 is 0 Å². The lowest BCUT2D eigenvalue weighted by molar-refractivity contribution is 0.0343. The second-order valence-electron chi connectivity index (χ2n) is 4.55. The number of hydrogen-bond donors (Lipinski definition) is 0. The Kier molecular flexibility index (Phi) is 4.50. The van der Waals surface area contributed by atoms with Crippen molar-refractivity contribution in [3.05, 3.63) is 28.2 Å². The summed E-state index contributed by atoms with van der Waals surface area (Å²) in [6.45, 7) is 6.11. The van der Waals surface area contributed by atoms with Gasteiger partial charge in [0.2, 0.25) is 0 Å². The molecule has 1 fully saturated rings. The lowest BCUT2D eigenvalue weighted by atomic mass is 10.1. The number of hydrogen-bond acceptors (Lipinski definition) is 2. The number of halogens is 2. The van der Waals surface area contributed by atoms with Crippen molar-refractivity contribution in [3.8, 4) is 0 Å². The first-order chi connectivity index (χ1) is 8.11. The summed E-state index contributed by atoms with van der Waals surface area (Å²) in [7, 11) is 0. The maximum Gasteiger partial charge on any atom is 0.0723 e. The second kappa shape index (κ2) is 5.72. The van der Waals surface area contributed by atoms with E-state index < -0.39 is 0 Å². The quantitative estimate of drug-likeness (QED) is 0.738. The average Bonchev–Trinajstić information content (AvgIpc) is 2.32. The number of rotatable bonds is 2. The number of alkyl halides is 1. The predicted octanol–water partition coefficient (Wildman–Crippen LogP) is 3.96. The number of morpholine rings is 1. The van der Waals surface area contributed by atoms with E-state index in [0.717, 1.165) is 23.0 Å². The molecule has 0 aromatic heterocycles. The minimum atomic E-state index is 0.304. The fourth-order valence-electron chi connectivity index (χ4n) is 2.18. The highest BCUT2D eigenvalue weighted by molar-refractivity contribution is 9.10. The molecule has 94 valence electrons. The first-order valence-corrected chi connectivity index (χ1v) is 7.76. The molecule has 1 saturated heterocycles. The van der Waals surface area contributed by atoms with Gasteiger partial charge in [0.25, 0.3) is 0 Å². The van der Waals surface area contributed by atoms with Crippen molar-refractivity contribution in [2.24, 2.45) is 0 Å². The lowest BCUT2D eigenvalue weighted by Crippen LogP contribution is -2.47. The Morgan fingerprint density at radius 3 is 2.88 bits per heavy atom.